The lowest BCUT2D eigenvalue weighted by molar-refractivity contribution is 1.02. The third-order valence-electron chi connectivity index (χ3n) is 1.35. The second kappa shape index (κ2) is 4.34. The number of rotatable bonds is 2. The molecule has 0 spiro atoms. The molecule has 4 nitrogen and oxygen atoms in total. The lowest BCUT2D eigenvalue weighted by Crippen LogP contribution is -1.85. The highest BCUT2D eigenvalue weighted by atomic mass is 35.5. The van der Waals surface area contributed by atoms with Crippen molar-refractivity contribution in [3.8, 4) is 0 Å². The molecule has 6 heteroatoms. The lowest BCUT2D eigenvalue weighted by atomic mass is 10.7. The molecule has 0 atom stereocenters. The molecule has 2 aromatic rings. The minimum Gasteiger partial charge on any atom is -0.259 e. The van der Waals surface area contributed by atoms with Gasteiger partial charge in [0.25, 0.3) is 0 Å². The Morgan fingerprint density at radius 3 is 2.79 bits per heavy atom. The normalized spacial score (nSPS) is 10.1. The van der Waals surface area contributed by atoms with Crippen LogP contribution in [0.1, 0.15) is 0 Å². The molecule has 0 N–H and O–H groups in total. The van der Waals surface area contributed by atoms with Crippen molar-refractivity contribution in [3.05, 3.63) is 36.1 Å². The van der Waals surface area contributed by atoms with Gasteiger partial charge in [0.1, 0.15) is 21.5 Å². The minimum absolute atomic E-state index is 0.379. The van der Waals surface area contributed by atoms with E-state index in [1.807, 2.05) is 0 Å². The first-order chi connectivity index (χ1) is 6.84. The Morgan fingerprint density at radius 2 is 2.07 bits per heavy atom. The van der Waals surface area contributed by atoms with Gasteiger partial charge in [-0.1, -0.05) is 11.6 Å². The third kappa shape index (κ3) is 2.40. The number of halogens is 1. The predicted molar refractivity (Wildman–Crippen MR) is 53.2 cm³/mol. The molecule has 0 fully saturated rings. The summed E-state index contributed by atoms with van der Waals surface area (Å²) in [5.74, 6) is 0. The van der Waals surface area contributed by atoms with Gasteiger partial charge >= 0.3 is 0 Å². The smallest absolute Gasteiger partial charge is 0.148 e. The molecule has 14 heavy (non-hydrogen) atoms. The number of aromatic nitrogens is 4. The van der Waals surface area contributed by atoms with Gasteiger partial charge in [-0.3, -0.25) is 4.98 Å². The van der Waals surface area contributed by atoms with Crippen LogP contribution in [0.25, 0.3) is 0 Å². The van der Waals surface area contributed by atoms with Crippen LogP contribution in [0.5, 0.6) is 0 Å². The molecule has 2 aromatic heterocycles. The van der Waals surface area contributed by atoms with Crippen LogP contribution in [0, 0.1) is 0 Å². The van der Waals surface area contributed by atoms with Crippen molar-refractivity contribution >= 4 is 23.4 Å². The van der Waals surface area contributed by atoms with E-state index >= 15 is 0 Å². The summed E-state index contributed by atoms with van der Waals surface area (Å²) in [5, 5.41) is 1.91. The van der Waals surface area contributed by atoms with Crippen molar-refractivity contribution < 1.29 is 0 Å². The van der Waals surface area contributed by atoms with Crippen molar-refractivity contribution in [3.63, 3.8) is 0 Å². The fourth-order valence-electron chi connectivity index (χ4n) is 0.821. The van der Waals surface area contributed by atoms with E-state index in [2.05, 4.69) is 19.9 Å². The molecule has 0 radical (unpaired) electrons. The summed E-state index contributed by atoms with van der Waals surface area (Å²) in [5.41, 5.74) is 0. The van der Waals surface area contributed by atoms with E-state index in [1.54, 1.807) is 18.5 Å². The van der Waals surface area contributed by atoms with E-state index in [9.17, 15) is 0 Å². The molecule has 0 aliphatic heterocycles. The zero-order valence-corrected chi connectivity index (χ0v) is 8.53. The van der Waals surface area contributed by atoms with Crippen LogP contribution in [-0.2, 0) is 0 Å². The van der Waals surface area contributed by atoms with Gasteiger partial charge in [-0.05, 0) is 17.8 Å². The highest BCUT2D eigenvalue weighted by Gasteiger charge is 2.00. The van der Waals surface area contributed by atoms with Crippen LogP contribution in [0.3, 0.4) is 0 Å². The SMILES string of the molecule is Clc1cncc(Sc2ccncn2)n1. The summed E-state index contributed by atoms with van der Waals surface area (Å²) in [6.07, 6.45) is 6.29. The highest BCUT2D eigenvalue weighted by molar-refractivity contribution is 7.99. The first kappa shape index (κ1) is 9.36. The van der Waals surface area contributed by atoms with E-state index in [1.165, 1.54) is 24.3 Å². The van der Waals surface area contributed by atoms with Crippen molar-refractivity contribution in [2.75, 3.05) is 0 Å². The van der Waals surface area contributed by atoms with E-state index in [4.69, 9.17) is 11.6 Å². The number of hydrogen-bond donors (Lipinski definition) is 0. The Bertz CT molecular complexity index is 423. The molecular weight excluding hydrogens is 220 g/mol. The van der Waals surface area contributed by atoms with E-state index in [0.717, 1.165) is 10.1 Å². The van der Waals surface area contributed by atoms with Gasteiger partial charge in [0.05, 0.1) is 12.4 Å². The van der Waals surface area contributed by atoms with Gasteiger partial charge in [0.15, 0.2) is 0 Å². The first-order valence-electron chi connectivity index (χ1n) is 3.76. The molecule has 0 aliphatic carbocycles. The summed E-state index contributed by atoms with van der Waals surface area (Å²) >= 11 is 7.08. The molecule has 0 saturated carbocycles. The molecule has 2 rings (SSSR count). The van der Waals surface area contributed by atoms with Gasteiger partial charge in [0, 0.05) is 6.20 Å². The second-order valence-electron chi connectivity index (χ2n) is 2.33. The maximum absolute atomic E-state index is 5.69. The summed E-state index contributed by atoms with van der Waals surface area (Å²) in [4.78, 5) is 15.9. The summed E-state index contributed by atoms with van der Waals surface area (Å²) < 4.78 is 0. The zero-order chi connectivity index (χ0) is 9.80. The average molecular weight is 225 g/mol. The largest absolute Gasteiger partial charge is 0.259 e. The monoisotopic (exact) mass is 224 g/mol. The third-order valence-corrected chi connectivity index (χ3v) is 2.39. The van der Waals surface area contributed by atoms with Crippen LogP contribution >= 0.6 is 23.4 Å². The van der Waals surface area contributed by atoms with Gasteiger partial charge < -0.3 is 0 Å². The molecule has 0 aliphatic rings. The minimum atomic E-state index is 0.379. The molecule has 70 valence electrons. The van der Waals surface area contributed by atoms with Crippen LogP contribution in [0.2, 0.25) is 5.15 Å². The van der Waals surface area contributed by atoms with Crippen LogP contribution in [0.4, 0.5) is 0 Å². The Hall–Kier alpha value is -1.20. The predicted octanol–water partition coefficient (Wildman–Crippen LogP) is 2.07. The Labute approximate surface area is 89.8 Å². The lowest BCUT2D eigenvalue weighted by Gasteiger charge is -1.98. The van der Waals surface area contributed by atoms with Crippen LogP contribution in [-0.4, -0.2) is 19.9 Å². The average Bonchev–Trinajstić information content (AvgIpc) is 2.19. The van der Waals surface area contributed by atoms with Crippen LogP contribution < -0.4 is 0 Å². The van der Waals surface area contributed by atoms with Gasteiger partial charge in [0.2, 0.25) is 0 Å². The Morgan fingerprint density at radius 1 is 1.14 bits per heavy atom. The fraction of sp³-hybridized carbons (Fsp3) is 0. The maximum Gasteiger partial charge on any atom is 0.148 e. The quantitative estimate of drug-likeness (QED) is 0.731. The van der Waals surface area contributed by atoms with Crippen molar-refractivity contribution in [1.29, 1.82) is 0 Å². The molecule has 0 saturated heterocycles. The fourth-order valence-corrected chi connectivity index (χ4v) is 1.72. The molecule has 0 aromatic carbocycles. The summed E-state index contributed by atoms with van der Waals surface area (Å²) in [7, 11) is 0. The standard InChI is InChI=1S/C8H5ClN4S/c9-6-3-11-4-8(13-6)14-7-1-2-10-5-12-7/h1-5H. The van der Waals surface area contributed by atoms with E-state index < -0.39 is 0 Å². The second-order valence-corrected chi connectivity index (χ2v) is 3.76. The number of nitrogens with zero attached hydrogens (tertiary/aromatic N) is 4. The van der Waals surface area contributed by atoms with Gasteiger partial charge in [-0.2, -0.15) is 0 Å². The molecular formula is C8H5ClN4S. The molecule has 0 amide bonds. The number of hydrogen-bond acceptors (Lipinski definition) is 5. The highest BCUT2D eigenvalue weighted by Crippen LogP contribution is 2.23. The molecule has 0 unspecified atom stereocenters. The van der Waals surface area contributed by atoms with Crippen molar-refractivity contribution in [1.82, 2.24) is 19.9 Å². The molecule has 2 heterocycles. The maximum atomic E-state index is 5.69. The Kier molecular flexibility index (Phi) is 2.90. The van der Waals surface area contributed by atoms with E-state index in [0.29, 0.717) is 5.15 Å². The Balaban J connectivity index is 2.19. The zero-order valence-electron chi connectivity index (χ0n) is 6.96. The topological polar surface area (TPSA) is 51.6 Å². The van der Waals surface area contributed by atoms with E-state index in [-0.39, 0.29) is 0 Å². The van der Waals surface area contributed by atoms with Crippen LogP contribution in [0.15, 0.2) is 41.0 Å². The molecule has 0 bridgehead atoms. The summed E-state index contributed by atoms with van der Waals surface area (Å²) in [6, 6.07) is 1.80. The first-order valence-corrected chi connectivity index (χ1v) is 4.95. The van der Waals surface area contributed by atoms with Crippen molar-refractivity contribution in [2.45, 2.75) is 10.1 Å². The van der Waals surface area contributed by atoms with Gasteiger partial charge in [-0.15, -0.1) is 0 Å². The van der Waals surface area contributed by atoms with Crippen molar-refractivity contribution in [2.24, 2.45) is 0 Å². The van der Waals surface area contributed by atoms with Gasteiger partial charge in [-0.25, -0.2) is 15.0 Å². The summed E-state index contributed by atoms with van der Waals surface area (Å²) in [6.45, 7) is 0.